The van der Waals surface area contributed by atoms with E-state index in [-0.39, 0.29) is 12.4 Å². The molecule has 0 spiro atoms. The van der Waals surface area contributed by atoms with Crippen LogP contribution in [-0.2, 0) is 16.1 Å². The number of carbonyl (C=O) groups is 3. The molecule has 8 nitrogen and oxygen atoms in total. The molecule has 3 amide bonds. The van der Waals surface area contributed by atoms with E-state index >= 15 is 0 Å². The molecule has 0 atom stereocenters. The van der Waals surface area contributed by atoms with Crippen LogP contribution in [0, 0.1) is 0 Å². The number of primary amides is 1. The number of benzene rings is 2. The smallest absolute Gasteiger partial charge is 0.375 e. The number of para-hydroxylation sites is 2. The average Bonchev–Trinajstić information content (AvgIpc) is 3.03. The van der Waals surface area contributed by atoms with Crippen LogP contribution in [0.15, 0.2) is 59.0 Å². The summed E-state index contributed by atoms with van der Waals surface area (Å²) in [6.07, 6.45) is 0. The van der Waals surface area contributed by atoms with Crippen molar-refractivity contribution >= 4 is 28.9 Å². The zero-order valence-corrected chi connectivity index (χ0v) is 14.1. The number of amides is 3. The number of urea groups is 1. The Bertz CT molecular complexity index is 980. The second-order valence-corrected chi connectivity index (χ2v) is 5.50. The molecule has 0 unspecified atom stereocenters. The van der Waals surface area contributed by atoms with Gasteiger partial charge in [0.15, 0.2) is 6.61 Å². The maximum absolute atomic E-state index is 12.4. The van der Waals surface area contributed by atoms with Gasteiger partial charge in [0, 0.05) is 5.39 Å². The predicted molar refractivity (Wildman–Crippen MR) is 95.0 cm³/mol. The van der Waals surface area contributed by atoms with Gasteiger partial charge in [-0.3, -0.25) is 10.1 Å². The maximum Gasteiger partial charge on any atom is 0.375 e. The van der Waals surface area contributed by atoms with Crippen LogP contribution >= 0.6 is 0 Å². The van der Waals surface area contributed by atoms with Gasteiger partial charge in [0.25, 0.3) is 5.91 Å². The van der Waals surface area contributed by atoms with Crippen LogP contribution in [0.3, 0.4) is 0 Å². The fourth-order valence-corrected chi connectivity index (χ4v) is 2.45. The van der Waals surface area contributed by atoms with E-state index in [4.69, 9.17) is 19.6 Å². The molecule has 3 N–H and O–H groups in total. The summed E-state index contributed by atoms with van der Waals surface area (Å²) >= 11 is 0. The first-order valence-electron chi connectivity index (χ1n) is 7.99. The van der Waals surface area contributed by atoms with E-state index in [0.29, 0.717) is 22.3 Å². The third kappa shape index (κ3) is 4.43. The minimum absolute atomic E-state index is 0.0684. The van der Waals surface area contributed by atoms with Gasteiger partial charge in [-0.2, -0.15) is 0 Å². The summed E-state index contributed by atoms with van der Waals surface area (Å²) in [6.45, 7) is -0.600. The van der Waals surface area contributed by atoms with E-state index in [1.165, 1.54) is 0 Å². The summed E-state index contributed by atoms with van der Waals surface area (Å²) < 4.78 is 16.2. The normalized spacial score (nSPS) is 10.4. The van der Waals surface area contributed by atoms with E-state index in [2.05, 4.69) is 0 Å². The standard InChI is InChI=1S/C19H16N2O6/c20-19(24)21-16(22)11-26-18(23)17-14(10-25-12-6-2-1-3-7-12)13-8-4-5-9-15(13)27-17/h1-9H,10-11H2,(H3,20,21,22,24). The Balaban J connectivity index is 1.80. The zero-order valence-electron chi connectivity index (χ0n) is 14.1. The number of rotatable bonds is 6. The van der Waals surface area contributed by atoms with Crippen LogP contribution in [-0.4, -0.2) is 24.5 Å². The van der Waals surface area contributed by atoms with Crippen molar-refractivity contribution in [1.29, 1.82) is 0 Å². The van der Waals surface area contributed by atoms with Crippen LogP contribution < -0.4 is 15.8 Å². The Labute approximate surface area is 153 Å². The number of hydrogen-bond donors (Lipinski definition) is 2. The quantitative estimate of drug-likeness (QED) is 0.644. The lowest BCUT2D eigenvalue weighted by atomic mass is 10.1. The van der Waals surface area contributed by atoms with Gasteiger partial charge >= 0.3 is 12.0 Å². The molecular weight excluding hydrogens is 352 g/mol. The summed E-state index contributed by atoms with van der Waals surface area (Å²) in [5, 5.41) is 2.50. The zero-order chi connectivity index (χ0) is 19.2. The van der Waals surface area contributed by atoms with Crippen LogP contribution in [0.25, 0.3) is 11.0 Å². The molecule has 0 saturated heterocycles. The molecule has 0 aliphatic heterocycles. The summed E-state index contributed by atoms with van der Waals surface area (Å²) in [7, 11) is 0. The van der Waals surface area contributed by atoms with Crippen LogP contribution in [0.4, 0.5) is 4.79 Å². The Hall–Kier alpha value is -3.81. The fraction of sp³-hybridized carbons (Fsp3) is 0.105. The molecule has 0 aliphatic carbocycles. The Morgan fingerprint density at radius 3 is 2.44 bits per heavy atom. The molecule has 1 aromatic heterocycles. The molecule has 8 heteroatoms. The molecule has 0 aliphatic rings. The van der Waals surface area contributed by atoms with Crippen molar-refractivity contribution in [2.45, 2.75) is 6.61 Å². The third-order valence-electron chi connectivity index (χ3n) is 3.61. The maximum atomic E-state index is 12.4. The summed E-state index contributed by atoms with van der Waals surface area (Å²) in [5.74, 6) is -1.13. The minimum Gasteiger partial charge on any atom is -0.489 e. The van der Waals surface area contributed by atoms with Gasteiger partial charge in [0.2, 0.25) is 5.76 Å². The third-order valence-corrected chi connectivity index (χ3v) is 3.61. The molecule has 2 aromatic carbocycles. The van der Waals surface area contributed by atoms with Crippen molar-refractivity contribution in [2.24, 2.45) is 5.73 Å². The molecule has 0 fully saturated rings. The molecule has 1 heterocycles. The lowest BCUT2D eigenvalue weighted by Gasteiger charge is -2.07. The van der Waals surface area contributed by atoms with Gasteiger partial charge in [-0.15, -0.1) is 0 Å². The number of furan rings is 1. The fourth-order valence-electron chi connectivity index (χ4n) is 2.45. The van der Waals surface area contributed by atoms with Gasteiger partial charge in [-0.05, 0) is 18.2 Å². The van der Waals surface area contributed by atoms with Crippen LogP contribution in [0.1, 0.15) is 16.1 Å². The molecule has 27 heavy (non-hydrogen) atoms. The number of nitrogens with one attached hydrogen (secondary N) is 1. The number of fused-ring (bicyclic) bond motifs is 1. The average molecular weight is 368 g/mol. The van der Waals surface area contributed by atoms with Crippen molar-refractivity contribution in [3.8, 4) is 5.75 Å². The number of nitrogens with two attached hydrogens (primary N) is 1. The molecular formula is C19H16N2O6. The number of ether oxygens (including phenoxy) is 2. The summed E-state index contributed by atoms with van der Waals surface area (Å²) in [4.78, 5) is 34.4. The first-order chi connectivity index (χ1) is 13.0. The number of esters is 1. The first-order valence-corrected chi connectivity index (χ1v) is 7.99. The molecule has 0 radical (unpaired) electrons. The lowest BCUT2D eigenvalue weighted by Crippen LogP contribution is -2.37. The summed E-state index contributed by atoms with van der Waals surface area (Å²) in [5.41, 5.74) is 5.81. The highest BCUT2D eigenvalue weighted by Gasteiger charge is 2.23. The topological polar surface area (TPSA) is 121 Å². The van der Waals surface area contributed by atoms with Crippen molar-refractivity contribution in [2.75, 3.05) is 6.61 Å². The van der Waals surface area contributed by atoms with E-state index in [0.717, 1.165) is 0 Å². The van der Waals surface area contributed by atoms with Gasteiger partial charge in [0.05, 0.1) is 5.56 Å². The van der Waals surface area contributed by atoms with Crippen LogP contribution in [0.2, 0.25) is 0 Å². The summed E-state index contributed by atoms with van der Waals surface area (Å²) in [6, 6.07) is 15.1. The number of imide groups is 1. The monoisotopic (exact) mass is 368 g/mol. The highest BCUT2D eigenvalue weighted by molar-refractivity contribution is 5.98. The Kier molecular flexibility index (Phi) is 5.36. The minimum atomic E-state index is -1.03. The molecule has 138 valence electrons. The molecule has 3 aromatic rings. The SMILES string of the molecule is NC(=O)NC(=O)COC(=O)c1oc2ccccc2c1COc1ccccc1. The van der Waals surface area contributed by atoms with Gasteiger partial charge in [0.1, 0.15) is 17.9 Å². The van der Waals surface area contributed by atoms with E-state index in [9.17, 15) is 14.4 Å². The predicted octanol–water partition coefficient (Wildman–Crippen LogP) is 2.36. The molecule has 0 bridgehead atoms. The van der Waals surface area contributed by atoms with E-state index in [1.807, 2.05) is 18.2 Å². The van der Waals surface area contributed by atoms with Gasteiger partial charge < -0.3 is 19.6 Å². The highest BCUT2D eigenvalue weighted by atomic mass is 16.5. The lowest BCUT2D eigenvalue weighted by molar-refractivity contribution is -0.123. The Morgan fingerprint density at radius 2 is 1.70 bits per heavy atom. The second kappa shape index (κ2) is 8.05. The largest absolute Gasteiger partial charge is 0.489 e. The molecule has 3 rings (SSSR count). The van der Waals surface area contributed by atoms with Gasteiger partial charge in [-0.25, -0.2) is 9.59 Å². The molecule has 0 saturated carbocycles. The Morgan fingerprint density at radius 1 is 1.00 bits per heavy atom. The highest BCUT2D eigenvalue weighted by Crippen LogP contribution is 2.27. The van der Waals surface area contributed by atoms with Crippen LogP contribution in [0.5, 0.6) is 5.75 Å². The first kappa shape index (κ1) is 18.0. The van der Waals surface area contributed by atoms with Crippen molar-refractivity contribution in [3.05, 3.63) is 65.9 Å². The van der Waals surface area contributed by atoms with Crippen molar-refractivity contribution in [3.63, 3.8) is 0 Å². The van der Waals surface area contributed by atoms with Crippen molar-refractivity contribution in [1.82, 2.24) is 5.32 Å². The van der Waals surface area contributed by atoms with Crippen molar-refractivity contribution < 1.29 is 28.3 Å². The number of carbonyl (C=O) groups excluding carboxylic acids is 3. The van der Waals surface area contributed by atoms with E-state index in [1.54, 1.807) is 41.7 Å². The number of hydrogen-bond acceptors (Lipinski definition) is 6. The van der Waals surface area contributed by atoms with Gasteiger partial charge in [-0.1, -0.05) is 36.4 Å². The second-order valence-electron chi connectivity index (χ2n) is 5.50. The van der Waals surface area contributed by atoms with E-state index < -0.39 is 24.5 Å².